The monoisotopic (exact) mass is 325 g/mol. The normalized spacial score (nSPS) is 21.1. The lowest BCUT2D eigenvalue weighted by atomic mass is 10.2. The first-order chi connectivity index (χ1) is 11.7. The summed E-state index contributed by atoms with van der Waals surface area (Å²) in [5.41, 5.74) is 1.21. The highest BCUT2D eigenvalue weighted by molar-refractivity contribution is 5.86. The molecule has 1 aliphatic heterocycles. The van der Waals surface area contributed by atoms with Gasteiger partial charge in [-0.2, -0.15) is 0 Å². The van der Waals surface area contributed by atoms with Crippen LogP contribution in [0.25, 0.3) is 0 Å². The van der Waals surface area contributed by atoms with E-state index in [1.165, 1.54) is 25.2 Å². The van der Waals surface area contributed by atoms with Crippen molar-refractivity contribution in [2.24, 2.45) is 0 Å². The SMILES string of the molecule is O=C(O)c1cnc(C2CCCN2Cc2cnc(C3CC3)nc2)nc1. The first-order valence-corrected chi connectivity index (χ1v) is 8.31. The fraction of sp³-hybridized carbons (Fsp3) is 0.471. The zero-order valence-electron chi connectivity index (χ0n) is 13.3. The zero-order valence-corrected chi connectivity index (χ0v) is 13.3. The molecule has 2 aromatic rings. The number of carbonyl (C=O) groups is 1. The molecule has 2 fully saturated rings. The standard InChI is InChI=1S/C17H19N5O2/c23-17(24)13-8-20-16(21-9-13)14-2-1-5-22(14)10-11-6-18-15(19-7-11)12-3-4-12/h6-9,12,14H,1-5,10H2,(H,23,24). The minimum atomic E-state index is -1.00. The molecule has 1 atom stereocenters. The van der Waals surface area contributed by atoms with Gasteiger partial charge in [0.2, 0.25) is 0 Å². The van der Waals surface area contributed by atoms with Crippen LogP contribution in [0.2, 0.25) is 0 Å². The van der Waals surface area contributed by atoms with Crippen LogP contribution in [0.15, 0.2) is 24.8 Å². The molecule has 1 N–H and O–H groups in total. The molecule has 4 rings (SSSR count). The number of nitrogens with zero attached hydrogens (tertiary/aromatic N) is 5. The zero-order chi connectivity index (χ0) is 16.5. The van der Waals surface area contributed by atoms with Crippen LogP contribution in [0.3, 0.4) is 0 Å². The molecule has 2 aliphatic rings. The number of carboxylic acid groups (broad SMARTS) is 1. The fourth-order valence-corrected chi connectivity index (χ4v) is 3.16. The van der Waals surface area contributed by atoms with Crippen molar-refractivity contribution in [1.82, 2.24) is 24.8 Å². The van der Waals surface area contributed by atoms with E-state index in [-0.39, 0.29) is 11.6 Å². The highest BCUT2D eigenvalue weighted by atomic mass is 16.4. The molecule has 7 nitrogen and oxygen atoms in total. The molecule has 1 unspecified atom stereocenters. The van der Waals surface area contributed by atoms with Gasteiger partial charge in [0.15, 0.2) is 0 Å². The Balaban J connectivity index is 1.46. The summed E-state index contributed by atoms with van der Waals surface area (Å²) in [4.78, 5) is 30.7. The van der Waals surface area contributed by atoms with Crippen LogP contribution in [-0.4, -0.2) is 42.5 Å². The third kappa shape index (κ3) is 3.12. The third-order valence-electron chi connectivity index (χ3n) is 4.63. The van der Waals surface area contributed by atoms with Crippen molar-refractivity contribution in [1.29, 1.82) is 0 Å². The van der Waals surface area contributed by atoms with Crippen LogP contribution in [0.4, 0.5) is 0 Å². The van der Waals surface area contributed by atoms with Gasteiger partial charge < -0.3 is 5.11 Å². The van der Waals surface area contributed by atoms with Gasteiger partial charge in [-0.15, -0.1) is 0 Å². The maximum Gasteiger partial charge on any atom is 0.338 e. The van der Waals surface area contributed by atoms with Gasteiger partial charge in [-0.1, -0.05) is 0 Å². The van der Waals surface area contributed by atoms with Gasteiger partial charge in [0.25, 0.3) is 0 Å². The predicted molar refractivity (Wildman–Crippen MR) is 85.4 cm³/mol. The van der Waals surface area contributed by atoms with E-state index < -0.39 is 5.97 Å². The van der Waals surface area contributed by atoms with Crippen LogP contribution >= 0.6 is 0 Å². The molecule has 1 saturated heterocycles. The average Bonchev–Trinajstić information content (AvgIpc) is 3.35. The molecule has 1 aliphatic carbocycles. The first kappa shape index (κ1) is 15.1. The van der Waals surface area contributed by atoms with Gasteiger partial charge in [0, 0.05) is 42.8 Å². The minimum absolute atomic E-state index is 0.118. The second-order valence-corrected chi connectivity index (χ2v) is 6.49. The van der Waals surface area contributed by atoms with Crippen molar-refractivity contribution in [3.63, 3.8) is 0 Å². The van der Waals surface area contributed by atoms with E-state index >= 15 is 0 Å². The number of hydrogen-bond acceptors (Lipinski definition) is 6. The number of hydrogen-bond donors (Lipinski definition) is 1. The van der Waals surface area contributed by atoms with Gasteiger partial charge in [-0.25, -0.2) is 24.7 Å². The fourth-order valence-electron chi connectivity index (χ4n) is 3.16. The molecule has 7 heteroatoms. The first-order valence-electron chi connectivity index (χ1n) is 8.31. The summed E-state index contributed by atoms with van der Waals surface area (Å²) in [6.45, 7) is 1.73. The Morgan fingerprint density at radius 1 is 1.04 bits per heavy atom. The number of rotatable bonds is 5. The van der Waals surface area contributed by atoms with Gasteiger partial charge in [0.1, 0.15) is 11.6 Å². The smallest absolute Gasteiger partial charge is 0.338 e. The number of carboxylic acids is 1. The lowest BCUT2D eigenvalue weighted by Gasteiger charge is -2.23. The Morgan fingerprint density at radius 2 is 1.71 bits per heavy atom. The van der Waals surface area contributed by atoms with Crippen molar-refractivity contribution in [2.45, 2.75) is 44.2 Å². The second-order valence-electron chi connectivity index (χ2n) is 6.49. The maximum absolute atomic E-state index is 10.9. The largest absolute Gasteiger partial charge is 0.478 e. The number of likely N-dealkylation sites (tertiary alicyclic amines) is 1. The van der Waals surface area contributed by atoms with Crippen molar-refractivity contribution in [3.05, 3.63) is 47.6 Å². The van der Waals surface area contributed by atoms with Crippen LogP contribution in [0.5, 0.6) is 0 Å². The maximum atomic E-state index is 10.9. The minimum Gasteiger partial charge on any atom is -0.478 e. The summed E-state index contributed by atoms with van der Waals surface area (Å²) in [6, 6.07) is 0.121. The van der Waals surface area contributed by atoms with E-state index in [1.807, 2.05) is 12.4 Å². The highest BCUT2D eigenvalue weighted by Crippen LogP contribution is 2.37. The van der Waals surface area contributed by atoms with E-state index in [9.17, 15) is 4.79 Å². The Hall–Kier alpha value is -2.41. The third-order valence-corrected chi connectivity index (χ3v) is 4.63. The van der Waals surface area contributed by atoms with Gasteiger partial charge >= 0.3 is 5.97 Å². The van der Waals surface area contributed by atoms with Crippen molar-refractivity contribution < 1.29 is 9.90 Å². The van der Waals surface area contributed by atoms with E-state index in [0.717, 1.165) is 37.3 Å². The van der Waals surface area contributed by atoms with Crippen molar-refractivity contribution in [3.8, 4) is 0 Å². The van der Waals surface area contributed by atoms with E-state index in [4.69, 9.17) is 5.11 Å². The molecule has 0 radical (unpaired) electrons. The summed E-state index contributed by atoms with van der Waals surface area (Å²) >= 11 is 0. The highest BCUT2D eigenvalue weighted by Gasteiger charge is 2.29. The summed E-state index contributed by atoms with van der Waals surface area (Å²) in [7, 11) is 0. The van der Waals surface area contributed by atoms with Crippen LogP contribution < -0.4 is 0 Å². The van der Waals surface area contributed by atoms with Crippen LogP contribution in [0, 0.1) is 0 Å². The summed E-state index contributed by atoms with van der Waals surface area (Å²) < 4.78 is 0. The molecule has 3 heterocycles. The van der Waals surface area contributed by atoms with E-state index in [2.05, 4.69) is 24.8 Å². The molecule has 0 aromatic carbocycles. The van der Waals surface area contributed by atoms with Crippen molar-refractivity contribution >= 4 is 5.97 Å². The second kappa shape index (κ2) is 6.24. The van der Waals surface area contributed by atoms with Gasteiger partial charge in [0.05, 0.1) is 11.6 Å². The average molecular weight is 325 g/mol. The molecule has 2 aromatic heterocycles. The number of aromatic nitrogens is 4. The van der Waals surface area contributed by atoms with E-state index in [0.29, 0.717) is 11.7 Å². The summed E-state index contributed by atoms with van der Waals surface area (Å²) in [5.74, 6) is 1.22. The molecule has 124 valence electrons. The lowest BCUT2D eigenvalue weighted by molar-refractivity contribution is 0.0695. The lowest BCUT2D eigenvalue weighted by Crippen LogP contribution is -2.24. The van der Waals surface area contributed by atoms with Crippen molar-refractivity contribution in [2.75, 3.05) is 6.54 Å². The van der Waals surface area contributed by atoms with Gasteiger partial charge in [-0.3, -0.25) is 4.90 Å². The van der Waals surface area contributed by atoms with Gasteiger partial charge in [-0.05, 0) is 32.2 Å². The topological polar surface area (TPSA) is 92.1 Å². The Bertz CT molecular complexity index is 728. The van der Waals surface area contributed by atoms with E-state index in [1.54, 1.807) is 0 Å². The Labute approximate surface area is 139 Å². The Morgan fingerprint density at radius 3 is 2.33 bits per heavy atom. The molecular formula is C17H19N5O2. The molecular weight excluding hydrogens is 306 g/mol. The van der Waals surface area contributed by atoms with Crippen LogP contribution in [-0.2, 0) is 6.54 Å². The molecule has 0 bridgehead atoms. The molecule has 0 spiro atoms. The molecule has 0 amide bonds. The van der Waals surface area contributed by atoms with Crippen LogP contribution in [0.1, 0.15) is 65.2 Å². The summed E-state index contributed by atoms with van der Waals surface area (Å²) in [6.07, 6.45) is 11.1. The number of aromatic carboxylic acids is 1. The predicted octanol–water partition coefficient (Wildman–Crippen LogP) is 2.18. The molecule has 1 saturated carbocycles. The Kier molecular flexibility index (Phi) is 3.93. The quantitative estimate of drug-likeness (QED) is 0.900. The molecule has 24 heavy (non-hydrogen) atoms. The summed E-state index contributed by atoms with van der Waals surface area (Å²) in [5, 5.41) is 8.95.